The first kappa shape index (κ1) is 30.8. The molecule has 1 unspecified atom stereocenters. The molecular formula is C31H39ClN6O2S2. The maximum Gasteiger partial charge on any atom is 0.228 e. The zero-order valence-corrected chi connectivity index (χ0v) is 27.8. The van der Waals surface area contributed by atoms with E-state index in [4.69, 9.17) is 16.6 Å². The molecule has 11 heteroatoms. The molecule has 0 spiro atoms. The van der Waals surface area contributed by atoms with Gasteiger partial charge in [-0.2, -0.15) is 12.6 Å². The Bertz CT molecular complexity index is 1540. The molecule has 224 valence electrons. The van der Waals surface area contributed by atoms with Gasteiger partial charge in [0.15, 0.2) is 5.82 Å². The van der Waals surface area contributed by atoms with Crippen LogP contribution in [0.15, 0.2) is 29.3 Å². The van der Waals surface area contributed by atoms with Crippen LogP contribution in [-0.2, 0) is 9.59 Å². The van der Waals surface area contributed by atoms with Crippen molar-refractivity contribution >= 4 is 53.1 Å². The number of hydrogen-bond donors (Lipinski definition) is 1. The van der Waals surface area contributed by atoms with E-state index in [1.807, 2.05) is 68.7 Å². The minimum Gasteiger partial charge on any atom is -0.339 e. The summed E-state index contributed by atoms with van der Waals surface area (Å²) < 4.78 is 1.81. The number of aliphatic imine (C=N–C) groups is 1. The Morgan fingerprint density at radius 3 is 2.24 bits per heavy atom. The molecule has 42 heavy (non-hydrogen) atoms. The second kappa shape index (κ2) is 11.4. The van der Waals surface area contributed by atoms with Gasteiger partial charge in [0.05, 0.1) is 12.1 Å². The average Bonchev–Trinajstić information content (AvgIpc) is 3.39. The Morgan fingerprint density at radius 2 is 1.62 bits per heavy atom. The molecular weight excluding hydrogens is 588 g/mol. The summed E-state index contributed by atoms with van der Waals surface area (Å²) in [5.74, 6) is 1.53. The highest BCUT2D eigenvalue weighted by atomic mass is 35.5. The molecule has 3 aromatic rings. The summed E-state index contributed by atoms with van der Waals surface area (Å²) in [5.41, 5.74) is 3.44. The van der Waals surface area contributed by atoms with Gasteiger partial charge in [0.25, 0.3) is 0 Å². The molecule has 2 aromatic heterocycles. The molecule has 2 amide bonds. The standard InChI is InChI=1S/C31H39ClN6O2S2/c1-18-19(2)42-28-25(18)26(21-8-10-22(32)11-9-21)33-23(27-35-34-20(3)38(27)28)16-24(39)36-12-14-37(15-13-36)29(40)30(4,5)17-31(6,7)41/h8-11,23,41H,12-17H2,1-7H3. The number of thiol groups is 1. The van der Waals surface area contributed by atoms with E-state index < -0.39 is 11.5 Å². The second-order valence-corrected chi connectivity index (χ2v) is 15.5. The third-order valence-corrected chi connectivity index (χ3v) is 9.70. The van der Waals surface area contributed by atoms with E-state index in [1.54, 1.807) is 11.3 Å². The molecule has 4 heterocycles. The van der Waals surface area contributed by atoms with Crippen LogP contribution in [0, 0.1) is 26.2 Å². The van der Waals surface area contributed by atoms with E-state index >= 15 is 0 Å². The normalized spacial score (nSPS) is 17.5. The van der Waals surface area contributed by atoms with Gasteiger partial charge in [-0.15, -0.1) is 21.5 Å². The smallest absolute Gasteiger partial charge is 0.228 e. The molecule has 5 rings (SSSR count). The Kier molecular flexibility index (Phi) is 8.37. The van der Waals surface area contributed by atoms with Gasteiger partial charge in [-0.3, -0.25) is 19.1 Å². The molecule has 1 saturated heterocycles. The van der Waals surface area contributed by atoms with E-state index in [0.29, 0.717) is 43.4 Å². The van der Waals surface area contributed by atoms with Crippen molar-refractivity contribution in [1.82, 2.24) is 24.6 Å². The number of fused-ring (bicyclic) bond motifs is 3. The Morgan fingerprint density at radius 1 is 1.00 bits per heavy atom. The van der Waals surface area contributed by atoms with Crippen molar-refractivity contribution in [2.75, 3.05) is 26.2 Å². The first-order valence-corrected chi connectivity index (χ1v) is 16.0. The van der Waals surface area contributed by atoms with E-state index in [-0.39, 0.29) is 23.0 Å². The van der Waals surface area contributed by atoms with Crippen molar-refractivity contribution in [1.29, 1.82) is 0 Å². The van der Waals surface area contributed by atoms with Crippen LogP contribution in [0.1, 0.15) is 79.8 Å². The van der Waals surface area contributed by atoms with Gasteiger partial charge in [-0.1, -0.05) is 51.4 Å². The maximum absolute atomic E-state index is 13.7. The van der Waals surface area contributed by atoms with Crippen molar-refractivity contribution in [2.45, 2.75) is 72.1 Å². The van der Waals surface area contributed by atoms with Gasteiger partial charge in [0, 0.05) is 57.4 Å². The van der Waals surface area contributed by atoms with Crippen molar-refractivity contribution in [2.24, 2.45) is 10.4 Å². The molecule has 1 atom stereocenters. The lowest BCUT2D eigenvalue weighted by Crippen LogP contribution is -2.54. The molecule has 0 bridgehead atoms. The number of hydrogen-bond acceptors (Lipinski definition) is 7. The minimum absolute atomic E-state index is 0.00702. The summed E-state index contributed by atoms with van der Waals surface area (Å²) in [5, 5.41) is 10.6. The summed E-state index contributed by atoms with van der Waals surface area (Å²) in [4.78, 5) is 37.2. The quantitative estimate of drug-likeness (QED) is 0.341. The minimum atomic E-state index is -0.525. The number of piperazine rings is 1. The summed E-state index contributed by atoms with van der Waals surface area (Å²) in [6.07, 6.45) is 0.830. The third-order valence-electron chi connectivity index (χ3n) is 8.10. The number of aromatic nitrogens is 3. The number of halogens is 1. The van der Waals surface area contributed by atoms with E-state index in [0.717, 1.165) is 33.2 Å². The summed E-state index contributed by atoms with van der Waals surface area (Å²) in [6.45, 7) is 16.2. The van der Waals surface area contributed by atoms with Crippen molar-refractivity contribution in [3.8, 4) is 5.00 Å². The number of carbonyl (C=O) groups excluding carboxylic acids is 2. The predicted octanol–water partition coefficient (Wildman–Crippen LogP) is 5.99. The SMILES string of the molecule is Cc1sc2c(c1C)C(c1ccc(Cl)cc1)=NC(CC(=O)N1CCN(C(=O)C(C)(C)CC(C)(C)S)CC1)c1nnc(C)n1-2. The fourth-order valence-electron chi connectivity index (χ4n) is 6.17. The van der Waals surface area contributed by atoms with Gasteiger partial charge in [-0.25, -0.2) is 0 Å². The van der Waals surface area contributed by atoms with Crippen molar-refractivity contribution in [3.05, 3.63) is 62.5 Å². The fourth-order valence-corrected chi connectivity index (χ4v) is 7.91. The number of rotatable bonds is 6. The lowest BCUT2D eigenvalue weighted by Gasteiger charge is -2.40. The molecule has 0 N–H and O–H groups in total. The number of carbonyl (C=O) groups is 2. The van der Waals surface area contributed by atoms with E-state index in [2.05, 4.69) is 41.2 Å². The molecule has 0 saturated carbocycles. The van der Waals surface area contributed by atoms with Crippen LogP contribution in [0.2, 0.25) is 5.02 Å². The Balaban J connectivity index is 1.41. The number of aryl methyl sites for hydroxylation is 2. The molecule has 2 aliphatic rings. The number of nitrogens with zero attached hydrogens (tertiary/aromatic N) is 6. The van der Waals surface area contributed by atoms with Crippen LogP contribution in [0.3, 0.4) is 0 Å². The van der Waals surface area contributed by atoms with Gasteiger partial charge < -0.3 is 9.80 Å². The molecule has 8 nitrogen and oxygen atoms in total. The average molecular weight is 627 g/mol. The highest BCUT2D eigenvalue weighted by Gasteiger charge is 2.38. The number of thiophene rings is 1. The highest BCUT2D eigenvalue weighted by molar-refractivity contribution is 7.81. The summed E-state index contributed by atoms with van der Waals surface area (Å²) in [6, 6.07) is 7.16. The lowest BCUT2D eigenvalue weighted by molar-refractivity contribution is -0.146. The highest BCUT2D eigenvalue weighted by Crippen LogP contribution is 2.40. The first-order valence-electron chi connectivity index (χ1n) is 14.3. The fraction of sp³-hybridized carbons (Fsp3) is 0.516. The number of benzene rings is 1. The monoisotopic (exact) mass is 626 g/mol. The van der Waals surface area contributed by atoms with Gasteiger partial charge in [0.1, 0.15) is 16.9 Å². The summed E-state index contributed by atoms with van der Waals surface area (Å²) >= 11 is 12.6. The van der Waals surface area contributed by atoms with Crippen LogP contribution < -0.4 is 0 Å². The predicted molar refractivity (Wildman–Crippen MR) is 173 cm³/mol. The number of amides is 2. The van der Waals surface area contributed by atoms with Crippen LogP contribution in [-0.4, -0.2) is 73.0 Å². The van der Waals surface area contributed by atoms with Crippen LogP contribution in [0.25, 0.3) is 5.00 Å². The lowest BCUT2D eigenvalue weighted by atomic mass is 9.82. The van der Waals surface area contributed by atoms with Crippen LogP contribution in [0.5, 0.6) is 0 Å². The molecule has 2 aliphatic heterocycles. The Hall–Kier alpha value is -2.69. The van der Waals surface area contributed by atoms with Crippen LogP contribution in [0.4, 0.5) is 0 Å². The zero-order chi connectivity index (χ0) is 30.6. The van der Waals surface area contributed by atoms with E-state index in [1.165, 1.54) is 4.88 Å². The third kappa shape index (κ3) is 6.03. The molecule has 1 fully saturated rings. The van der Waals surface area contributed by atoms with Crippen molar-refractivity contribution < 1.29 is 9.59 Å². The van der Waals surface area contributed by atoms with Gasteiger partial charge in [0.2, 0.25) is 11.8 Å². The van der Waals surface area contributed by atoms with E-state index in [9.17, 15) is 9.59 Å². The topological polar surface area (TPSA) is 83.7 Å². The van der Waals surface area contributed by atoms with Crippen LogP contribution >= 0.6 is 35.6 Å². The zero-order valence-electron chi connectivity index (χ0n) is 25.4. The molecule has 0 aliphatic carbocycles. The first-order chi connectivity index (χ1) is 19.7. The van der Waals surface area contributed by atoms with Gasteiger partial charge >= 0.3 is 0 Å². The molecule has 0 radical (unpaired) electrons. The maximum atomic E-state index is 13.7. The Labute approximate surface area is 262 Å². The van der Waals surface area contributed by atoms with Gasteiger partial charge in [-0.05, 0) is 44.9 Å². The largest absolute Gasteiger partial charge is 0.339 e. The summed E-state index contributed by atoms with van der Waals surface area (Å²) in [7, 11) is 0. The van der Waals surface area contributed by atoms with Crippen molar-refractivity contribution in [3.63, 3.8) is 0 Å². The second-order valence-electron chi connectivity index (χ2n) is 12.7. The molecule has 1 aromatic carbocycles.